The third-order valence-corrected chi connectivity index (χ3v) is 6.01. The Kier molecular flexibility index (Phi) is 7.43. The van der Waals surface area contributed by atoms with Crippen molar-refractivity contribution in [2.24, 2.45) is 0 Å². The number of para-hydroxylation sites is 2. The quantitative estimate of drug-likeness (QED) is 0.662. The number of nitrogens with one attached hydrogen (secondary N) is 1. The molecule has 1 fully saturated rings. The number of fused-ring (bicyclic) bond motifs is 1. The molecule has 2 aliphatic rings. The van der Waals surface area contributed by atoms with E-state index in [9.17, 15) is 4.79 Å². The SMILES string of the molecule is CC1Oc2ccccc2OC1C(=O)NCCCCN1CCN(Cc2ccccc2)CC1. The Labute approximate surface area is 185 Å². The maximum absolute atomic E-state index is 12.5. The van der Waals surface area contributed by atoms with Gasteiger partial charge in [-0.1, -0.05) is 42.5 Å². The van der Waals surface area contributed by atoms with E-state index >= 15 is 0 Å². The van der Waals surface area contributed by atoms with Gasteiger partial charge < -0.3 is 19.7 Å². The molecule has 2 atom stereocenters. The Hall–Kier alpha value is -2.57. The smallest absolute Gasteiger partial charge is 0.265 e. The molecule has 2 aromatic carbocycles. The molecule has 0 aromatic heterocycles. The fourth-order valence-corrected chi connectivity index (χ4v) is 4.19. The van der Waals surface area contributed by atoms with Gasteiger partial charge in [0.15, 0.2) is 11.5 Å². The third-order valence-electron chi connectivity index (χ3n) is 6.01. The fraction of sp³-hybridized carbons (Fsp3) is 0.480. The normalized spacial score (nSPS) is 21.6. The van der Waals surface area contributed by atoms with Crippen molar-refractivity contribution in [2.75, 3.05) is 39.3 Å². The van der Waals surface area contributed by atoms with Crippen LogP contribution < -0.4 is 14.8 Å². The van der Waals surface area contributed by atoms with Crippen molar-refractivity contribution in [3.63, 3.8) is 0 Å². The zero-order valence-corrected chi connectivity index (χ0v) is 18.3. The van der Waals surface area contributed by atoms with E-state index in [1.165, 1.54) is 5.56 Å². The van der Waals surface area contributed by atoms with E-state index in [1.807, 2.05) is 31.2 Å². The van der Waals surface area contributed by atoms with Crippen LogP contribution in [0.15, 0.2) is 54.6 Å². The lowest BCUT2D eigenvalue weighted by molar-refractivity contribution is -0.133. The minimum atomic E-state index is -0.604. The van der Waals surface area contributed by atoms with Crippen molar-refractivity contribution in [3.05, 3.63) is 60.2 Å². The van der Waals surface area contributed by atoms with Gasteiger partial charge in [-0.3, -0.25) is 9.69 Å². The van der Waals surface area contributed by atoms with Crippen molar-refractivity contribution < 1.29 is 14.3 Å². The molecule has 2 aliphatic heterocycles. The van der Waals surface area contributed by atoms with E-state index in [-0.39, 0.29) is 12.0 Å². The number of hydrogen-bond acceptors (Lipinski definition) is 5. The minimum absolute atomic E-state index is 0.100. The Balaban J connectivity index is 1.10. The Bertz CT molecular complexity index is 837. The Morgan fingerprint density at radius 3 is 2.29 bits per heavy atom. The average molecular weight is 424 g/mol. The second kappa shape index (κ2) is 10.6. The maximum Gasteiger partial charge on any atom is 0.265 e. The molecule has 0 aliphatic carbocycles. The summed E-state index contributed by atoms with van der Waals surface area (Å²) in [5, 5.41) is 3.02. The first kappa shape index (κ1) is 21.7. The lowest BCUT2D eigenvalue weighted by Gasteiger charge is -2.34. The number of carbonyl (C=O) groups is 1. The number of piperazine rings is 1. The van der Waals surface area contributed by atoms with Gasteiger partial charge in [-0.15, -0.1) is 0 Å². The van der Waals surface area contributed by atoms with Gasteiger partial charge in [-0.25, -0.2) is 0 Å². The van der Waals surface area contributed by atoms with Gasteiger partial charge in [0.05, 0.1) is 0 Å². The van der Waals surface area contributed by atoms with Crippen LogP contribution >= 0.6 is 0 Å². The van der Waals surface area contributed by atoms with Crippen LogP contribution in [0.25, 0.3) is 0 Å². The number of amides is 1. The van der Waals surface area contributed by atoms with Crippen molar-refractivity contribution in [1.82, 2.24) is 15.1 Å². The molecule has 0 radical (unpaired) electrons. The van der Waals surface area contributed by atoms with Crippen molar-refractivity contribution in [3.8, 4) is 11.5 Å². The van der Waals surface area contributed by atoms with Crippen LogP contribution in [0.4, 0.5) is 0 Å². The highest BCUT2D eigenvalue weighted by Gasteiger charge is 2.33. The summed E-state index contributed by atoms with van der Waals surface area (Å²) in [7, 11) is 0. The molecule has 2 heterocycles. The first-order chi connectivity index (χ1) is 15.2. The molecule has 6 nitrogen and oxygen atoms in total. The number of carbonyl (C=O) groups excluding carboxylic acids is 1. The number of benzene rings is 2. The molecule has 6 heteroatoms. The number of unbranched alkanes of at least 4 members (excludes halogenated alkanes) is 1. The van der Waals surface area contributed by atoms with E-state index < -0.39 is 6.10 Å². The molecule has 1 amide bonds. The summed E-state index contributed by atoms with van der Waals surface area (Å²) in [6.07, 6.45) is 1.14. The second-order valence-electron chi connectivity index (χ2n) is 8.41. The summed E-state index contributed by atoms with van der Waals surface area (Å²) in [6, 6.07) is 18.2. The van der Waals surface area contributed by atoms with Crippen LogP contribution in [0.5, 0.6) is 11.5 Å². The predicted octanol–water partition coefficient (Wildman–Crippen LogP) is 2.93. The summed E-state index contributed by atoms with van der Waals surface area (Å²) in [6.45, 7) is 9.12. The van der Waals surface area contributed by atoms with Gasteiger partial charge in [0.1, 0.15) is 6.10 Å². The number of rotatable bonds is 8. The lowest BCUT2D eigenvalue weighted by atomic mass is 10.1. The number of ether oxygens (including phenoxy) is 2. The van der Waals surface area contributed by atoms with E-state index in [0.29, 0.717) is 18.0 Å². The summed E-state index contributed by atoms with van der Waals surface area (Å²) >= 11 is 0. The van der Waals surface area contributed by atoms with E-state index in [0.717, 1.165) is 52.1 Å². The molecule has 0 saturated carbocycles. The number of hydrogen-bond donors (Lipinski definition) is 1. The maximum atomic E-state index is 12.5. The molecule has 0 spiro atoms. The molecule has 2 unspecified atom stereocenters. The van der Waals surface area contributed by atoms with Crippen LogP contribution in [-0.2, 0) is 11.3 Å². The topological polar surface area (TPSA) is 54.0 Å². The first-order valence-corrected chi connectivity index (χ1v) is 11.4. The molecule has 2 aromatic rings. The van der Waals surface area contributed by atoms with Crippen LogP contribution in [0.3, 0.4) is 0 Å². The molecule has 1 saturated heterocycles. The lowest BCUT2D eigenvalue weighted by Crippen LogP contribution is -2.49. The van der Waals surface area contributed by atoms with Gasteiger partial charge in [-0.05, 0) is 44.0 Å². The van der Waals surface area contributed by atoms with Gasteiger partial charge in [0.2, 0.25) is 6.10 Å². The molecule has 1 N–H and O–H groups in total. The number of nitrogens with zero attached hydrogens (tertiary/aromatic N) is 2. The van der Waals surface area contributed by atoms with Gasteiger partial charge in [-0.2, -0.15) is 0 Å². The molecule has 31 heavy (non-hydrogen) atoms. The van der Waals surface area contributed by atoms with Gasteiger partial charge >= 0.3 is 0 Å². The summed E-state index contributed by atoms with van der Waals surface area (Å²) in [4.78, 5) is 17.6. The van der Waals surface area contributed by atoms with Crippen molar-refractivity contribution >= 4 is 5.91 Å². The second-order valence-corrected chi connectivity index (χ2v) is 8.41. The predicted molar refractivity (Wildman–Crippen MR) is 121 cm³/mol. The van der Waals surface area contributed by atoms with E-state index in [1.54, 1.807) is 0 Å². The van der Waals surface area contributed by atoms with Crippen LogP contribution in [0, 0.1) is 0 Å². The van der Waals surface area contributed by atoms with Crippen molar-refractivity contribution in [1.29, 1.82) is 0 Å². The van der Waals surface area contributed by atoms with Crippen LogP contribution in [0.2, 0.25) is 0 Å². The summed E-state index contributed by atoms with van der Waals surface area (Å²) < 4.78 is 11.7. The summed E-state index contributed by atoms with van der Waals surface area (Å²) in [5.74, 6) is 1.23. The standard InChI is InChI=1S/C25H33N3O3/c1-20-24(31-23-12-6-5-11-22(23)30-20)25(29)26-13-7-8-14-27-15-17-28(18-16-27)19-21-9-3-2-4-10-21/h2-6,9-12,20,24H,7-8,13-19H2,1H3,(H,26,29). The fourth-order valence-electron chi connectivity index (χ4n) is 4.19. The monoisotopic (exact) mass is 423 g/mol. The van der Waals surface area contributed by atoms with Crippen molar-refractivity contribution in [2.45, 2.75) is 38.5 Å². The van der Waals surface area contributed by atoms with Crippen LogP contribution in [-0.4, -0.2) is 67.2 Å². The molecule has 0 bridgehead atoms. The van der Waals surface area contributed by atoms with Gasteiger partial charge in [0, 0.05) is 39.3 Å². The Morgan fingerprint density at radius 2 is 1.55 bits per heavy atom. The molecular formula is C25H33N3O3. The summed E-state index contributed by atoms with van der Waals surface area (Å²) in [5.41, 5.74) is 1.39. The molecule has 4 rings (SSSR count). The third kappa shape index (κ3) is 5.99. The molecular weight excluding hydrogens is 390 g/mol. The minimum Gasteiger partial charge on any atom is -0.482 e. The largest absolute Gasteiger partial charge is 0.482 e. The highest BCUT2D eigenvalue weighted by atomic mass is 16.6. The molecule has 166 valence electrons. The van der Waals surface area contributed by atoms with E-state index in [2.05, 4.69) is 45.4 Å². The van der Waals surface area contributed by atoms with Gasteiger partial charge in [0.25, 0.3) is 5.91 Å². The highest BCUT2D eigenvalue weighted by molar-refractivity contribution is 5.82. The zero-order valence-electron chi connectivity index (χ0n) is 18.3. The zero-order chi connectivity index (χ0) is 21.5. The average Bonchev–Trinajstić information content (AvgIpc) is 2.80. The first-order valence-electron chi connectivity index (χ1n) is 11.4. The van der Waals surface area contributed by atoms with E-state index in [4.69, 9.17) is 9.47 Å². The highest BCUT2D eigenvalue weighted by Crippen LogP contribution is 2.33. The van der Waals surface area contributed by atoms with Crippen LogP contribution in [0.1, 0.15) is 25.3 Å². The Morgan fingerprint density at radius 1 is 0.903 bits per heavy atom.